The number of aliphatic carboxylic acids is 1. The zero-order valence-corrected chi connectivity index (χ0v) is 21.1. The van der Waals surface area contributed by atoms with Gasteiger partial charge in [-0.2, -0.15) is 5.26 Å². The molecule has 3 N–H and O–H groups in total. The third-order valence-electron chi connectivity index (χ3n) is 4.60. The molecule has 1 amide bonds. The Morgan fingerprint density at radius 1 is 1.06 bits per heavy atom. The normalized spacial score (nSPS) is 12.4. The molecule has 3 rings (SSSR count). The van der Waals surface area contributed by atoms with Crippen LogP contribution in [0.1, 0.15) is 17.2 Å². The fraction of sp³-hybridized carbons (Fsp3) is 0.0800. The van der Waals surface area contributed by atoms with E-state index in [1.165, 1.54) is 36.4 Å². The average Bonchev–Trinajstić information content (AvgIpc) is 2.84. The van der Waals surface area contributed by atoms with Gasteiger partial charge in [-0.25, -0.2) is 9.59 Å². The van der Waals surface area contributed by atoms with E-state index in [-0.39, 0.29) is 11.3 Å². The summed E-state index contributed by atoms with van der Waals surface area (Å²) in [5, 5.41) is 31.4. The molecule has 0 fully saturated rings. The number of rotatable bonds is 8. The van der Waals surface area contributed by atoms with Crippen molar-refractivity contribution in [3.63, 3.8) is 0 Å². The predicted octanol–water partition coefficient (Wildman–Crippen LogP) is 6.17. The lowest BCUT2D eigenvalue weighted by Crippen LogP contribution is -2.30. The van der Waals surface area contributed by atoms with Crippen molar-refractivity contribution < 1.29 is 29.3 Å². The Bertz CT molecular complexity index is 1270. The van der Waals surface area contributed by atoms with Crippen molar-refractivity contribution in [1.82, 2.24) is 0 Å². The number of hydrogen-bond acceptors (Lipinski definition) is 6. The number of ether oxygens (including phenoxy) is 2. The number of carbonyl (C=O) groups excluding carboxylic acids is 1. The second-order valence-electron chi connectivity index (χ2n) is 7.06. The number of nitriles is 1. The molecule has 0 radical (unpaired) electrons. The van der Waals surface area contributed by atoms with Crippen molar-refractivity contribution in [1.29, 1.82) is 5.26 Å². The number of halogens is 2. The summed E-state index contributed by atoms with van der Waals surface area (Å²) in [6.45, 7) is 0. The summed E-state index contributed by atoms with van der Waals surface area (Å²) >= 11 is 6.61. The maximum Gasteiger partial charge on any atom is 0.412 e. The van der Waals surface area contributed by atoms with E-state index >= 15 is 0 Å². The van der Waals surface area contributed by atoms with Gasteiger partial charge in [0.15, 0.2) is 12.2 Å². The third kappa shape index (κ3) is 7.34. The molecule has 10 heteroatoms. The molecule has 0 bridgehead atoms. The summed E-state index contributed by atoms with van der Waals surface area (Å²) in [7, 11) is 0. The molecule has 35 heavy (non-hydrogen) atoms. The van der Waals surface area contributed by atoms with Crippen molar-refractivity contribution in [2.45, 2.75) is 12.2 Å². The smallest absolute Gasteiger partial charge is 0.412 e. The van der Waals surface area contributed by atoms with Crippen LogP contribution in [0.15, 0.2) is 87.8 Å². The summed E-state index contributed by atoms with van der Waals surface area (Å²) in [5.41, 5.74) is 0.951. The number of carboxylic acids is 1. The van der Waals surface area contributed by atoms with Gasteiger partial charge in [-0.15, -0.1) is 0 Å². The monoisotopic (exact) mass is 600 g/mol. The molecule has 0 aliphatic heterocycles. The Morgan fingerprint density at radius 3 is 2.37 bits per heavy atom. The summed E-state index contributed by atoms with van der Waals surface area (Å²) in [4.78, 5) is 24.1. The number of hydrogen-bond donors (Lipinski definition) is 3. The number of nitrogens with one attached hydrogen (secondary N) is 1. The van der Waals surface area contributed by atoms with E-state index in [0.29, 0.717) is 25.9 Å². The molecule has 0 aliphatic carbocycles. The van der Waals surface area contributed by atoms with Crippen LogP contribution < -0.4 is 10.1 Å². The number of anilines is 1. The zero-order valence-electron chi connectivity index (χ0n) is 17.9. The Balaban J connectivity index is 2.00. The van der Waals surface area contributed by atoms with Crippen LogP contribution in [0.2, 0.25) is 0 Å². The van der Waals surface area contributed by atoms with Crippen molar-refractivity contribution >= 4 is 49.6 Å². The number of phenolic OH excluding ortho intramolecular Hbond substituents is 1. The van der Waals surface area contributed by atoms with Crippen LogP contribution >= 0.6 is 31.9 Å². The van der Waals surface area contributed by atoms with Crippen molar-refractivity contribution in [3.8, 4) is 17.6 Å². The molecule has 3 aromatic carbocycles. The Morgan fingerprint density at radius 2 is 1.74 bits per heavy atom. The number of benzene rings is 3. The van der Waals surface area contributed by atoms with Gasteiger partial charge in [0.05, 0.1) is 16.1 Å². The summed E-state index contributed by atoms with van der Waals surface area (Å²) in [5.74, 6) is -1.05. The first-order valence-electron chi connectivity index (χ1n) is 10.1. The topological polar surface area (TPSA) is 129 Å². The van der Waals surface area contributed by atoms with Gasteiger partial charge < -0.3 is 19.7 Å². The number of para-hydroxylation sites is 1. The van der Waals surface area contributed by atoms with Gasteiger partial charge in [-0.1, -0.05) is 34.1 Å². The lowest BCUT2D eigenvalue weighted by atomic mass is 10.0. The van der Waals surface area contributed by atoms with Gasteiger partial charge in [0, 0.05) is 21.8 Å². The van der Waals surface area contributed by atoms with Gasteiger partial charge in [-0.3, -0.25) is 5.32 Å². The standard InChI is InChI=1S/C25H18Br2N2O6/c26-16-12-19(23(32)20(27)13-16)24(35-25(33)29-17-8-6-15(14-28)7-9-17)21(10-11-22(30)31)34-18-4-2-1-3-5-18/h1-13,21,24,32H,(H,29,33)(H,30,31)/b11-10+/t21-,24-/m0/s1. The van der Waals surface area contributed by atoms with E-state index in [1.807, 2.05) is 6.07 Å². The Labute approximate surface area is 217 Å². The predicted molar refractivity (Wildman–Crippen MR) is 135 cm³/mol. The molecule has 2 atom stereocenters. The van der Waals surface area contributed by atoms with Crippen LogP contribution in [-0.4, -0.2) is 28.4 Å². The zero-order chi connectivity index (χ0) is 25.4. The van der Waals surface area contributed by atoms with Gasteiger partial charge in [0.25, 0.3) is 0 Å². The van der Waals surface area contributed by atoms with Gasteiger partial charge in [0.2, 0.25) is 0 Å². The highest BCUT2D eigenvalue weighted by molar-refractivity contribution is 9.11. The molecule has 8 nitrogen and oxygen atoms in total. The van der Waals surface area contributed by atoms with Gasteiger partial charge in [0.1, 0.15) is 11.5 Å². The summed E-state index contributed by atoms with van der Waals surface area (Å²) < 4.78 is 12.5. The summed E-state index contributed by atoms with van der Waals surface area (Å²) in [6, 6.07) is 19.8. The maximum absolute atomic E-state index is 12.8. The third-order valence-corrected chi connectivity index (χ3v) is 5.66. The number of carbonyl (C=O) groups is 2. The second-order valence-corrected chi connectivity index (χ2v) is 8.83. The molecule has 0 unspecified atom stereocenters. The van der Waals surface area contributed by atoms with Crippen molar-refractivity contribution in [2.24, 2.45) is 0 Å². The lowest BCUT2D eigenvalue weighted by Gasteiger charge is -2.27. The molecule has 178 valence electrons. The first-order chi connectivity index (χ1) is 16.8. The minimum Gasteiger partial charge on any atom is -0.506 e. The van der Waals surface area contributed by atoms with Gasteiger partial charge in [-0.05, 0) is 70.5 Å². The highest BCUT2D eigenvalue weighted by atomic mass is 79.9. The van der Waals surface area contributed by atoms with E-state index in [1.54, 1.807) is 36.4 Å². The fourth-order valence-electron chi connectivity index (χ4n) is 3.04. The molecule has 0 saturated carbocycles. The first-order valence-corrected chi connectivity index (χ1v) is 11.6. The van der Waals surface area contributed by atoms with Crippen LogP contribution in [0.4, 0.5) is 10.5 Å². The highest BCUT2D eigenvalue weighted by Gasteiger charge is 2.31. The number of carboxylic acid groups (broad SMARTS) is 1. The van der Waals surface area contributed by atoms with Crippen molar-refractivity contribution in [3.05, 3.63) is 99.0 Å². The van der Waals surface area contributed by atoms with Crippen LogP contribution in [-0.2, 0) is 9.53 Å². The number of amides is 1. The minimum atomic E-state index is -1.27. The SMILES string of the molecule is N#Cc1ccc(NC(=O)O[C@@H](c2cc(Br)cc(Br)c2O)[C@H](/C=C/C(=O)O)Oc2ccccc2)cc1. The fourth-order valence-corrected chi connectivity index (χ4v) is 4.29. The largest absolute Gasteiger partial charge is 0.506 e. The van der Waals surface area contributed by atoms with E-state index in [2.05, 4.69) is 37.2 Å². The van der Waals surface area contributed by atoms with Crippen molar-refractivity contribution in [2.75, 3.05) is 5.32 Å². The molecule has 0 aromatic heterocycles. The molecular formula is C25H18Br2N2O6. The molecule has 0 spiro atoms. The average molecular weight is 602 g/mol. The Kier molecular flexibility index (Phi) is 8.89. The maximum atomic E-state index is 12.8. The van der Waals surface area contributed by atoms with E-state index < -0.39 is 24.3 Å². The van der Waals surface area contributed by atoms with E-state index in [0.717, 1.165) is 6.08 Å². The number of nitrogens with zero attached hydrogens (tertiary/aromatic N) is 1. The summed E-state index contributed by atoms with van der Waals surface area (Å²) in [6.07, 6.45) is -1.19. The first kappa shape index (κ1) is 25.8. The van der Waals surface area contributed by atoms with Crippen LogP contribution in [0.25, 0.3) is 0 Å². The molecule has 0 saturated heterocycles. The molecule has 0 aliphatic rings. The molecule has 0 heterocycles. The molecular weight excluding hydrogens is 584 g/mol. The minimum absolute atomic E-state index is 0.164. The van der Waals surface area contributed by atoms with Crippen LogP contribution in [0, 0.1) is 11.3 Å². The number of aromatic hydroxyl groups is 1. The highest BCUT2D eigenvalue weighted by Crippen LogP contribution is 2.39. The van der Waals surface area contributed by atoms with E-state index in [4.69, 9.17) is 14.7 Å². The van der Waals surface area contributed by atoms with Crippen LogP contribution in [0.5, 0.6) is 11.5 Å². The van der Waals surface area contributed by atoms with Crippen LogP contribution in [0.3, 0.4) is 0 Å². The Hall–Kier alpha value is -3.81. The lowest BCUT2D eigenvalue weighted by molar-refractivity contribution is -0.131. The number of phenols is 1. The van der Waals surface area contributed by atoms with Gasteiger partial charge >= 0.3 is 12.1 Å². The quantitative estimate of drug-likeness (QED) is 0.263. The van der Waals surface area contributed by atoms with E-state index in [9.17, 15) is 19.8 Å². The molecule has 3 aromatic rings. The second kappa shape index (κ2) is 12.1.